The van der Waals surface area contributed by atoms with Gasteiger partial charge in [0.05, 0.1) is 18.6 Å². The van der Waals surface area contributed by atoms with E-state index in [0.717, 1.165) is 29.0 Å². The van der Waals surface area contributed by atoms with Gasteiger partial charge in [-0.2, -0.15) is 0 Å². The van der Waals surface area contributed by atoms with Gasteiger partial charge in [-0.25, -0.2) is 8.42 Å². The van der Waals surface area contributed by atoms with Crippen LogP contribution in [0.2, 0.25) is 0 Å². The summed E-state index contributed by atoms with van der Waals surface area (Å²) in [6.07, 6.45) is 2.07. The maximum absolute atomic E-state index is 11.7. The maximum Gasteiger partial charge on any atom is 0.232 e. The van der Waals surface area contributed by atoms with Gasteiger partial charge >= 0.3 is 0 Å². The molecule has 5 heteroatoms. The molecule has 0 saturated carbocycles. The van der Waals surface area contributed by atoms with E-state index in [9.17, 15) is 8.42 Å². The highest BCUT2D eigenvalue weighted by molar-refractivity contribution is 7.92. The Hall–Kier alpha value is -1.23. The predicted octanol–water partition coefficient (Wildman–Crippen LogP) is 2.14. The quantitative estimate of drug-likeness (QED) is 0.844. The Bertz CT molecular complexity index is 564. The van der Waals surface area contributed by atoms with Gasteiger partial charge < -0.3 is 4.74 Å². The van der Waals surface area contributed by atoms with Crippen molar-refractivity contribution in [3.8, 4) is 5.75 Å². The van der Waals surface area contributed by atoms with E-state index in [2.05, 4.69) is 13.8 Å². The molecule has 1 aliphatic heterocycles. The smallest absolute Gasteiger partial charge is 0.232 e. The summed E-state index contributed by atoms with van der Waals surface area (Å²) in [5.74, 6) is 1.14. The molecule has 0 saturated heterocycles. The topological polar surface area (TPSA) is 46.6 Å². The molecule has 1 aromatic rings. The summed E-state index contributed by atoms with van der Waals surface area (Å²) in [5, 5.41) is 0. The summed E-state index contributed by atoms with van der Waals surface area (Å²) in [4.78, 5) is 0. The van der Waals surface area contributed by atoms with Crippen LogP contribution < -0.4 is 9.04 Å². The van der Waals surface area contributed by atoms with Crippen LogP contribution in [0.5, 0.6) is 5.75 Å². The summed E-state index contributed by atoms with van der Waals surface area (Å²) in [7, 11) is -1.64. The van der Waals surface area contributed by atoms with Gasteiger partial charge in [-0.15, -0.1) is 0 Å². The lowest BCUT2D eigenvalue weighted by atomic mass is 9.98. The number of nitrogens with zero attached hydrogens (tertiary/aromatic N) is 1. The Morgan fingerprint density at radius 1 is 1.33 bits per heavy atom. The highest BCUT2D eigenvalue weighted by Crippen LogP contribution is 2.37. The van der Waals surface area contributed by atoms with E-state index in [1.165, 1.54) is 10.6 Å². The minimum Gasteiger partial charge on any atom is -0.493 e. The molecule has 0 bridgehead atoms. The van der Waals surface area contributed by atoms with Crippen molar-refractivity contribution in [2.45, 2.75) is 26.2 Å². The zero-order chi connectivity index (χ0) is 13.5. The molecule has 1 heterocycles. The van der Waals surface area contributed by atoms with Crippen LogP contribution in [-0.4, -0.2) is 28.3 Å². The molecule has 0 amide bonds. The Balaban J connectivity index is 2.58. The molecule has 0 N–H and O–H groups in total. The van der Waals surface area contributed by atoms with Crippen molar-refractivity contribution < 1.29 is 13.2 Å². The molecule has 1 aromatic carbocycles. The third-order valence-corrected chi connectivity index (χ3v) is 4.49. The number of hydrogen-bond donors (Lipinski definition) is 0. The number of fused-ring (bicyclic) bond motifs is 1. The summed E-state index contributed by atoms with van der Waals surface area (Å²) >= 11 is 0. The molecule has 2 rings (SSSR count). The van der Waals surface area contributed by atoms with Crippen molar-refractivity contribution in [1.29, 1.82) is 0 Å². The molecule has 0 aliphatic carbocycles. The Labute approximate surface area is 109 Å². The largest absolute Gasteiger partial charge is 0.493 e. The Morgan fingerprint density at radius 3 is 2.56 bits per heavy atom. The van der Waals surface area contributed by atoms with Crippen LogP contribution in [0.15, 0.2) is 12.1 Å². The third kappa shape index (κ3) is 2.32. The first kappa shape index (κ1) is 13.2. The van der Waals surface area contributed by atoms with E-state index in [0.29, 0.717) is 6.61 Å². The molecule has 100 valence electrons. The molecule has 18 heavy (non-hydrogen) atoms. The summed E-state index contributed by atoms with van der Waals surface area (Å²) in [6.45, 7) is 4.78. The van der Waals surface area contributed by atoms with Crippen LogP contribution in [0.25, 0.3) is 0 Å². The second-order valence-electron chi connectivity index (χ2n) is 5.00. The second-order valence-corrected chi connectivity index (χ2v) is 7.02. The van der Waals surface area contributed by atoms with E-state index in [-0.39, 0.29) is 5.92 Å². The molecule has 0 aromatic heterocycles. The number of rotatable bonds is 3. The van der Waals surface area contributed by atoms with Gasteiger partial charge in [0.1, 0.15) is 5.75 Å². The highest BCUT2D eigenvalue weighted by Gasteiger charge is 2.22. The first-order valence-corrected chi connectivity index (χ1v) is 7.89. The second kappa shape index (κ2) is 4.46. The van der Waals surface area contributed by atoms with Gasteiger partial charge in [0, 0.05) is 13.5 Å². The maximum atomic E-state index is 11.7. The van der Waals surface area contributed by atoms with Crippen LogP contribution >= 0.6 is 0 Å². The number of sulfonamides is 1. The van der Waals surface area contributed by atoms with Crippen LogP contribution in [0.3, 0.4) is 0 Å². The third-order valence-electron chi connectivity index (χ3n) is 3.30. The molecule has 0 radical (unpaired) electrons. The fraction of sp³-hybridized carbons (Fsp3) is 0.538. The normalized spacial score (nSPS) is 14.5. The molecule has 0 unspecified atom stereocenters. The van der Waals surface area contributed by atoms with Crippen LogP contribution in [0.4, 0.5) is 5.69 Å². The standard InChI is InChI=1S/C13H19NO3S/c1-9(2)11-8-13-10(5-6-17-13)7-12(11)14(3)18(4,15)16/h7-9H,5-6H2,1-4H3. The zero-order valence-electron chi connectivity index (χ0n) is 11.2. The van der Waals surface area contributed by atoms with Crippen molar-refractivity contribution in [3.63, 3.8) is 0 Å². The van der Waals surface area contributed by atoms with Crippen molar-refractivity contribution in [2.24, 2.45) is 0 Å². The molecule has 4 nitrogen and oxygen atoms in total. The van der Waals surface area contributed by atoms with E-state index in [1.54, 1.807) is 7.05 Å². The SMILES string of the molecule is CC(C)c1cc2c(cc1N(C)S(C)(=O)=O)CCO2. The van der Waals surface area contributed by atoms with Gasteiger partial charge in [-0.3, -0.25) is 4.31 Å². The molecule has 0 atom stereocenters. The van der Waals surface area contributed by atoms with Crippen molar-refractivity contribution in [1.82, 2.24) is 0 Å². The van der Waals surface area contributed by atoms with Crippen LogP contribution in [0, 0.1) is 0 Å². The number of ether oxygens (including phenoxy) is 1. The van der Waals surface area contributed by atoms with Crippen molar-refractivity contribution in [2.75, 3.05) is 24.2 Å². The predicted molar refractivity (Wildman–Crippen MR) is 73.0 cm³/mol. The average Bonchev–Trinajstić information content (AvgIpc) is 2.71. The average molecular weight is 269 g/mol. The minimum atomic E-state index is -3.24. The molecular formula is C13H19NO3S. The molecule has 1 aliphatic rings. The first-order chi connectivity index (χ1) is 8.30. The summed E-state index contributed by atoms with van der Waals surface area (Å²) in [5.41, 5.74) is 2.85. The first-order valence-electron chi connectivity index (χ1n) is 6.04. The number of hydrogen-bond acceptors (Lipinski definition) is 3. The minimum absolute atomic E-state index is 0.249. The Morgan fingerprint density at radius 2 is 2.00 bits per heavy atom. The lowest BCUT2D eigenvalue weighted by Gasteiger charge is -2.23. The van der Waals surface area contributed by atoms with Gasteiger partial charge in [0.2, 0.25) is 10.0 Å². The Kier molecular flexibility index (Phi) is 3.27. The summed E-state index contributed by atoms with van der Waals surface area (Å²) in [6, 6.07) is 3.92. The van der Waals surface area contributed by atoms with Crippen LogP contribution in [-0.2, 0) is 16.4 Å². The van der Waals surface area contributed by atoms with E-state index in [4.69, 9.17) is 4.74 Å². The lowest BCUT2D eigenvalue weighted by molar-refractivity contribution is 0.356. The molecule has 0 fully saturated rings. The van der Waals surface area contributed by atoms with Gasteiger partial charge in [-0.1, -0.05) is 13.8 Å². The molecular weight excluding hydrogens is 250 g/mol. The zero-order valence-corrected chi connectivity index (χ0v) is 12.0. The van der Waals surface area contributed by atoms with Crippen LogP contribution in [0.1, 0.15) is 30.9 Å². The fourth-order valence-electron chi connectivity index (χ4n) is 2.14. The van der Waals surface area contributed by atoms with Gasteiger partial charge in [-0.05, 0) is 29.2 Å². The van der Waals surface area contributed by atoms with Crippen molar-refractivity contribution >= 4 is 15.7 Å². The number of benzene rings is 1. The summed E-state index contributed by atoms with van der Waals surface area (Å²) < 4.78 is 30.3. The number of anilines is 1. The van der Waals surface area contributed by atoms with E-state index < -0.39 is 10.0 Å². The van der Waals surface area contributed by atoms with Crippen molar-refractivity contribution in [3.05, 3.63) is 23.3 Å². The van der Waals surface area contributed by atoms with E-state index in [1.807, 2.05) is 12.1 Å². The van der Waals surface area contributed by atoms with Gasteiger partial charge in [0.15, 0.2) is 0 Å². The molecule has 0 spiro atoms. The monoisotopic (exact) mass is 269 g/mol. The highest BCUT2D eigenvalue weighted by atomic mass is 32.2. The lowest BCUT2D eigenvalue weighted by Crippen LogP contribution is -2.26. The van der Waals surface area contributed by atoms with E-state index >= 15 is 0 Å². The fourth-order valence-corrected chi connectivity index (χ4v) is 2.66. The van der Waals surface area contributed by atoms with Gasteiger partial charge in [0.25, 0.3) is 0 Å².